The number of unbranched alkanes of at least 4 members (excludes halogenated alkanes) is 1. The number of rotatable bonds is 15. The van der Waals surface area contributed by atoms with Crippen LogP contribution >= 0.6 is 11.6 Å². The highest BCUT2D eigenvalue weighted by Crippen LogP contribution is 2.30. The van der Waals surface area contributed by atoms with Gasteiger partial charge in [0.15, 0.2) is 0 Å². The summed E-state index contributed by atoms with van der Waals surface area (Å²) in [5, 5.41) is 3.25. The zero-order chi connectivity index (χ0) is 28.3. The van der Waals surface area contributed by atoms with Crippen molar-refractivity contribution in [3.63, 3.8) is 0 Å². The molecule has 0 aliphatic rings. The van der Waals surface area contributed by atoms with Crippen LogP contribution in [0.25, 0.3) is 0 Å². The molecule has 0 aliphatic heterocycles. The molecule has 0 unspecified atom stereocenters. The molecule has 2 rings (SSSR count). The van der Waals surface area contributed by atoms with Gasteiger partial charge in [0, 0.05) is 26.1 Å². The number of halogens is 1. The van der Waals surface area contributed by atoms with Crippen LogP contribution in [0.4, 0.5) is 5.69 Å². The maximum Gasteiger partial charge on any atom is 0.242 e. The number of ether oxygens (including phenoxy) is 1. The number of sulfonamides is 1. The van der Waals surface area contributed by atoms with E-state index in [0.717, 1.165) is 30.2 Å². The van der Waals surface area contributed by atoms with Gasteiger partial charge in [-0.25, -0.2) is 8.42 Å². The van der Waals surface area contributed by atoms with Gasteiger partial charge in [-0.15, -0.1) is 0 Å². The standard InChI is InChI=1S/C28H40ClN3O5S/c1-6-8-17-30-28(34)25(7-2)31(20-22-13-10-9-12-21(22)3)27(33)14-11-18-32(38(5,35)36)23-15-16-26(37-4)24(29)19-23/h9-10,12-13,15-16,19,25H,6-8,11,14,17-18,20H2,1-5H3,(H,30,34)/t25-/m1/s1. The lowest BCUT2D eigenvalue weighted by atomic mass is 10.1. The van der Waals surface area contributed by atoms with Gasteiger partial charge in [0.1, 0.15) is 11.8 Å². The van der Waals surface area contributed by atoms with E-state index in [1.807, 2.05) is 38.1 Å². The molecule has 1 atom stereocenters. The number of hydrogen-bond acceptors (Lipinski definition) is 5. The third-order valence-corrected chi connectivity index (χ3v) is 7.88. The number of hydrogen-bond donors (Lipinski definition) is 1. The van der Waals surface area contributed by atoms with Crippen LogP contribution < -0.4 is 14.4 Å². The molecule has 2 aromatic carbocycles. The summed E-state index contributed by atoms with van der Waals surface area (Å²) in [7, 11) is -2.15. The van der Waals surface area contributed by atoms with Crippen molar-refractivity contribution in [2.24, 2.45) is 0 Å². The minimum atomic E-state index is -3.63. The Morgan fingerprint density at radius 1 is 1.11 bits per heavy atom. The number of benzene rings is 2. The minimum Gasteiger partial charge on any atom is -0.495 e. The predicted molar refractivity (Wildman–Crippen MR) is 153 cm³/mol. The molecule has 0 radical (unpaired) electrons. The molecule has 8 nitrogen and oxygen atoms in total. The molecule has 210 valence electrons. The van der Waals surface area contributed by atoms with E-state index in [0.29, 0.717) is 36.0 Å². The van der Waals surface area contributed by atoms with Gasteiger partial charge in [-0.1, -0.05) is 56.1 Å². The van der Waals surface area contributed by atoms with Crippen molar-refractivity contribution in [2.45, 2.75) is 65.5 Å². The van der Waals surface area contributed by atoms with Gasteiger partial charge in [0.05, 0.1) is 24.1 Å². The normalized spacial score (nSPS) is 12.1. The number of methoxy groups -OCH3 is 1. The fraction of sp³-hybridized carbons (Fsp3) is 0.500. The third-order valence-electron chi connectivity index (χ3n) is 6.39. The van der Waals surface area contributed by atoms with Crippen molar-refractivity contribution in [1.82, 2.24) is 10.2 Å². The number of carbonyl (C=O) groups excluding carboxylic acids is 2. The quantitative estimate of drug-likeness (QED) is 0.309. The van der Waals surface area contributed by atoms with Crippen molar-refractivity contribution >= 4 is 39.1 Å². The predicted octanol–water partition coefficient (Wildman–Crippen LogP) is 4.93. The summed E-state index contributed by atoms with van der Waals surface area (Å²) in [6, 6.07) is 11.9. The highest BCUT2D eigenvalue weighted by atomic mass is 35.5. The van der Waals surface area contributed by atoms with Gasteiger partial charge in [0.25, 0.3) is 0 Å². The van der Waals surface area contributed by atoms with Crippen LogP contribution in [0, 0.1) is 6.92 Å². The Morgan fingerprint density at radius 2 is 1.82 bits per heavy atom. The molecule has 0 spiro atoms. The number of aryl methyl sites for hydroxylation is 1. The van der Waals surface area contributed by atoms with Gasteiger partial charge in [-0.3, -0.25) is 13.9 Å². The summed E-state index contributed by atoms with van der Waals surface area (Å²) >= 11 is 6.22. The number of nitrogens with one attached hydrogen (secondary N) is 1. The van der Waals surface area contributed by atoms with Crippen molar-refractivity contribution in [3.8, 4) is 5.75 Å². The van der Waals surface area contributed by atoms with Crippen molar-refractivity contribution < 1.29 is 22.7 Å². The molecule has 0 bridgehead atoms. The minimum absolute atomic E-state index is 0.0839. The fourth-order valence-electron chi connectivity index (χ4n) is 4.21. The largest absolute Gasteiger partial charge is 0.495 e. The Kier molecular flexibility index (Phi) is 12.4. The Balaban J connectivity index is 2.23. The Hall–Kier alpha value is -2.78. The van der Waals surface area contributed by atoms with Crippen LogP contribution in [0.3, 0.4) is 0 Å². The Morgan fingerprint density at radius 3 is 2.39 bits per heavy atom. The monoisotopic (exact) mass is 565 g/mol. The zero-order valence-electron chi connectivity index (χ0n) is 23.0. The second-order valence-electron chi connectivity index (χ2n) is 9.27. The molecule has 2 aromatic rings. The number of amides is 2. The third kappa shape index (κ3) is 8.91. The average Bonchev–Trinajstić information content (AvgIpc) is 2.86. The molecule has 0 saturated heterocycles. The van der Waals surface area contributed by atoms with Gasteiger partial charge in [0.2, 0.25) is 21.8 Å². The highest BCUT2D eigenvalue weighted by Gasteiger charge is 2.29. The summed E-state index contributed by atoms with van der Waals surface area (Å²) in [6.45, 7) is 6.87. The van der Waals surface area contributed by atoms with Crippen molar-refractivity contribution in [2.75, 3.05) is 30.8 Å². The molecular formula is C28H40ClN3O5S. The molecule has 0 saturated carbocycles. The number of anilines is 1. The van der Waals surface area contributed by atoms with Crippen molar-refractivity contribution in [1.29, 1.82) is 0 Å². The summed E-state index contributed by atoms with van der Waals surface area (Å²) in [5.74, 6) is 0.0641. The molecule has 0 aromatic heterocycles. The summed E-state index contributed by atoms with van der Waals surface area (Å²) in [5.41, 5.74) is 2.39. The van der Waals surface area contributed by atoms with Crippen LogP contribution in [0.5, 0.6) is 5.75 Å². The Labute approximate surface area is 232 Å². The van der Waals surface area contributed by atoms with Gasteiger partial charge in [-0.05, 0) is 55.5 Å². The SMILES string of the molecule is CCCCNC(=O)[C@@H](CC)N(Cc1ccccc1C)C(=O)CCCN(c1ccc(OC)c(Cl)c1)S(C)(=O)=O. The van der Waals surface area contributed by atoms with Gasteiger partial charge >= 0.3 is 0 Å². The first-order valence-electron chi connectivity index (χ1n) is 13.0. The lowest BCUT2D eigenvalue weighted by Gasteiger charge is -2.31. The topological polar surface area (TPSA) is 96.0 Å². The van der Waals surface area contributed by atoms with E-state index in [1.165, 1.54) is 17.5 Å². The lowest BCUT2D eigenvalue weighted by Crippen LogP contribution is -2.49. The van der Waals surface area contributed by atoms with E-state index < -0.39 is 16.1 Å². The van der Waals surface area contributed by atoms with Crippen LogP contribution in [0.1, 0.15) is 57.1 Å². The molecule has 1 N–H and O–H groups in total. The molecule has 0 aliphatic carbocycles. The summed E-state index contributed by atoms with van der Waals surface area (Å²) in [6.07, 6.45) is 3.76. The van der Waals surface area contributed by atoms with Crippen LogP contribution in [-0.2, 0) is 26.2 Å². The van der Waals surface area contributed by atoms with Crippen LogP contribution in [0.15, 0.2) is 42.5 Å². The molecule has 2 amide bonds. The first kappa shape index (κ1) is 31.4. The van der Waals surface area contributed by atoms with E-state index >= 15 is 0 Å². The summed E-state index contributed by atoms with van der Waals surface area (Å²) < 4.78 is 31.5. The van der Waals surface area contributed by atoms with E-state index in [4.69, 9.17) is 16.3 Å². The smallest absolute Gasteiger partial charge is 0.242 e. The fourth-order valence-corrected chi connectivity index (χ4v) is 5.42. The molecule has 38 heavy (non-hydrogen) atoms. The van der Waals surface area contributed by atoms with Gasteiger partial charge in [-0.2, -0.15) is 0 Å². The van der Waals surface area contributed by atoms with E-state index in [-0.39, 0.29) is 31.2 Å². The van der Waals surface area contributed by atoms with Crippen molar-refractivity contribution in [3.05, 3.63) is 58.6 Å². The molecule has 0 heterocycles. The maximum atomic E-state index is 13.5. The lowest BCUT2D eigenvalue weighted by molar-refractivity contribution is -0.141. The highest BCUT2D eigenvalue weighted by molar-refractivity contribution is 7.92. The van der Waals surface area contributed by atoms with E-state index in [1.54, 1.807) is 17.0 Å². The second-order valence-corrected chi connectivity index (χ2v) is 11.6. The van der Waals surface area contributed by atoms with Gasteiger partial charge < -0.3 is 15.0 Å². The summed E-state index contributed by atoms with van der Waals surface area (Å²) in [4.78, 5) is 28.2. The molecular weight excluding hydrogens is 526 g/mol. The van der Waals surface area contributed by atoms with Crippen LogP contribution in [-0.4, -0.2) is 57.6 Å². The number of carbonyl (C=O) groups is 2. The Bertz CT molecular complexity index is 1190. The average molecular weight is 566 g/mol. The number of nitrogens with zero attached hydrogens (tertiary/aromatic N) is 2. The van der Waals surface area contributed by atoms with E-state index in [2.05, 4.69) is 12.2 Å². The molecule has 10 heteroatoms. The first-order valence-corrected chi connectivity index (χ1v) is 15.2. The second kappa shape index (κ2) is 15.0. The maximum absolute atomic E-state index is 13.5. The van der Waals surface area contributed by atoms with Crippen LogP contribution in [0.2, 0.25) is 5.02 Å². The zero-order valence-corrected chi connectivity index (χ0v) is 24.6. The molecule has 0 fully saturated rings. The van der Waals surface area contributed by atoms with E-state index in [9.17, 15) is 18.0 Å². The first-order chi connectivity index (χ1) is 18.0.